The third kappa shape index (κ3) is 2.53. The molecule has 1 amide bonds. The standard InChI is InChI=1S/C18H18ClNO3/c1-3-4-10-7-14(21)17(15(22)8-10)11-5-6-13(19)18-12(11)9-16(23)20(18)2/h5-8,21-22H,3-4,9H2,1-2H3. The maximum Gasteiger partial charge on any atom is 0.231 e. The average molecular weight is 332 g/mol. The highest BCUT2D eigenvalue weighted by atomic mass is 35.5. The zero-order valence-corrected chi connectivity index (χ0v) is 13.8. The van der Waals surface area contributed by atoms with Crippen LogP contribution < -0.4 is 4.90 Å². The maximum absolute atomic E-state index is 12.0. The van der Waals surface area contributed by atoms with Crippen LogP contribution in [-0.4, -0.2) is 23.2 Å². The summed E-state index contributed by atoms with van der Waals surface area (Å²) in [6, 6.07) is 6.76. The van der Waals surface area contributed by atoms with Crippen molar-refractivity contribution < 1.29 is 15.0 Å². The molecule has 2 N–H and O–H groups in total. The van der Waals surface area contributed by atoms with Crippen LogP contribution in [0.5, 0.6) is 11.5 Å². The molecule has 5 heteroatoms. The molecule has 0 spiro atoms. The van der Waals surface area contributed by atoms with Gasteiger partial charge in [0.1, 0.15) is 11.5 Å². The van der Waals surface area contributed by atoms with Crippen molar-refractivity contribution in [3.05, 3.63) is 40.4 Å². The first kappa shape index (κ1) is 15.7. The van der Waals surface area contributed by atoms with Crippen molar-refractivity contribution in [1.82, 2.24) is 0 Å². The van der Waals surface area contributed by atoms with Crippen molar-refractivity contribution in [3.8, 4) is 22.6 Å². The molecule has 0 saturated heterocycles. The molecule has 3 rings (SSSR count). The molecule has 120 valence electrons. The summed E-state index contributed by atoms with van der Waals surface area (Å²) in [6.07, 6.45) is 1.91. The number of benzene rings is 2. The number of anilines is 1. The zero-order chi connectivity index (χ0) is 16.7. The number of phenols is 2. The highest BCUT2D eigenvalue weighted by Gasteiger charge is 2.30. The van der Waals surface area contributed by atoms with E-state index in [1.807, 2.05) is 6.92 Å². The molecule has 2 aromatic carbocycles. The molecule has 0 aromatic heterocycles. The Balaban J connectivity index is 2.20. The molecular weight excluding hydrogens is 314 g/mol. The van der Waals surface area contributed by atoms with E-state index >= 15 is 0 Å². The number of halogens is 1. The molecule has 0 saturated carbocycles. The topological polar surface area (TPSA) is 60.8 Å². The molecule has 0 aliphatic carbocycles. The van der Waals surface area contributed by atoms with Crippen LogP contribution in [0.4, 0.5) is 5.69 Å². The van der Waals surface area contributed by atoms with Gasteiger partial charge in [-0.25, -0.2) is 0 Å². The lowest BCUT2D eigenvalue weighted by Crippen LogP contribution is -2.20. The van der Waals surface area contributed by atoms with Gasteiger partial charge >= 0.3 is 0 Å². The van der Waals surface area contributed by atoms with Gasteiger partial charge in [-0.2, -0.15) is 0 Å². The Morgan fingerprint density at radius 1 is 1.22 bits per heavy atom. The fraction of sp³-hybridized carbons (Fsp3) is 0.278. The summed E-state index contributed by atoms with van der Waals surface area (Å²) in [4.78, 5) is 13.5. The Morgan fingerprint density at radius 2 is 1.87 bits per heavy atom. The third-order valence-electron chi connectivity index (χ3n) is 4.24. The number of fused-ring (bicyclic) bond motifs is 1. The zero-order valence-electron chi connectivity index (χ0n) is 13.1. The number of amides is 1. The number of aryl methyl sites for hydroxylation is 1. The van der Waals surface area contributed by atoms with Gasteiger partial charge in [0.15, 0.2) is 0 Å². The van der Waals surface area contributed by atoms with Gasteiger partial charge in [0.05, 0.1) is 22.7 Å². The minimum Gasteiger partial charge on any atom is -0.507 e. The molecule has 0 atom stereocenters. The van der Waals surface area contributed by atoms with Crippen LogP contribution in [-0.2, 0) is 17.6 Å². The Bertz CT molecular complexity index is 778. The lowest BCUT2D eigenvalue weighted by Gasteiger charge is -2.16. The second kappa shape index (κ2) is 5.78. The summed E-state index contributed by atoms with van der Waals surface area (Å²) in [5.41, 5.74) is 3.25. The first-order chi connectivity index (χ1) is 10.9. The number of carbonyl (C=O) groups is 1. The van der Waals surface area contributed by atoms with Gasteiger partial charge in [-0.15, -0.1) is 0 Å². The molecule has 0 bridgehead atoms. The second-order valence-corrected chi connectivity index (χ2v) is 6.22. The Labute approximate surface area is 139 Å². The third-order valence-corrected chi connectivity index (χ3v) is 4.54. The van der Waals surface area contributed by atoms with Crippen LogP contribution in [0.15, 0.2) is 24.3 Å². The van der Waals surface area contributed by atoms with E-state index in [9.17, 15) is 15.0 Å². The summed E-state index contributed by atoms with van der Waals surface area (Å²) >= 11 is 6.22. The van der Waals surface area contributed by atoms with Crippen LogP contribution in [0, 0.1) is 0 Å². The second-order valence-electron chi connectivity index (χ2n) is 5.81. The van der Waals surface area contributed by atoms with Gasteiger partial charge in [-0.05, 0) is 41.3 Å². The van der Waals surface area contributed by atoms with E-state index in [2.05, 4.69) is 0 Å². The van der Waals surface area contributed by atoms with Crippen LogP contribution in [0.1, 0.15) is 24.5 Å². The predicted molar refractivity (Wildman–Crippen MR) is 91.3 cm³/mol. The lowest BCUT2D eigenvalue weighted by molar-refractivity contribution is -0.117. The molecule has 4 nitrogen and oxygen atoms in total. The number of hydrogen-bond donors (Lipinski definition) is 2. The van der Waals surface area contributed by atoms with E-state index < -0.39 is 0 Å². The molecule has 2 aromatic rings. The number of aromatic hydroxyl groups is 2. The van der Waals surface area contributed by atoms with Crippen LogP contribution in [0.3, 0.4) is 0 Å². The predicted octanol–water partition coefficient (Wildman–Crippen LogP) is 3.89. The van der Waals surface area contributed by atoms with E-state index in [-0.39, 0.29) is 23.8 Å². The van der Waals surface area contributed by atoms with Crippen molar-refractivity contribution in [2.45, 2.75) is 26.2 Å². The molecule has 0 unspecified atom stereocenters. The summed E-state index contributed by atoms with van der Waals surface area (Å²) in [7, 11) is 1.67. The smallest absolute Gasteiger partial charge is 0.231 e. The van der Waals surface area contributed by atoms with Crippen molar-refractivity contribution in [2.24, 2.45) is 0 Å². The molecule has 0 fully saturated rings. The molecule has 1 aliphatic heterocycles. The highest BCUT2D eigenvalue weighted by Crippen LogP contribution is 2.46. The number of phenolic OH excluding ortho intramolecular Hbond substituents is 2. The van der Waals surface area contributed by atoms with Crippen LogP contribution in [0.25, 0.3) is 11.1 Å². The van der Waals surface area contributed by atoms with Crippen LogP contribution >= 0.6 is 11.6 Å². The lowest BCUT2D eigenvalue weighted by atomic mass is 9.94. The summed E-state index contributed by atoms with van der Waals surface area (Å²) in [5, 5.41) is 21.3. The first-order valence-corrected chi connectivity index (χ1v) is 7.95. The number of nitrogens with zero attached hydrogens (tertiary/aromatic N) is 1. The Hall–Kier alpha value is -2.20. The normalized spacial score (nSPS) is 13.5. The SMILES string of the molecule is CCCc1cc(O)c(-c2ccc(Cl)c3c2CC(=O)N3C)c(O)c1. The van der Waals surface area contributed by atoms with E-state index in [1.165, 1.54) is 4.90 Å². The van der Waals surface area contributed by atoms with Crippen molar-refractivity contribution in [3.63, 3.8) is 0 Å². The van der Waals surface area contributed by atoms with Gasteiger partial charge in [0.25, 0.3) is 0 Å². The quantitative estimate of drug-likeness (QED) is 0.897. The van der Waals surface area contributed by atoms with E-state index in [0.717, 1.165) is 24.0 Å². The number of carbonyl (C=O) groups excluding carboxylic acids is 1. The molecular formula is C18H18ClNO3. The van der Waals surface area contributed by atoms with Crippen molar-refractivity contribution in [1.29, 1.82) is 0 Å². The van der Waals surface area contributed by atoms with E-state index in [0.29, 0.717) is 21.8 Å². The monoisotopic (exact) mass is 331 g/mol. The molecule has 0 radical (unpaired) electrons. The summed E-state index contributed by atoms with van der Waals surface area (Å²) in [5.74, 6) is -0.0316. The number of likely N-dealkylation sites (N-methyl/N-ethyl adjacent to an activating group) is 1. The Kier molecular flexibility index (Phi) is 3.94. The summed E-state index contributed by atoms with van der Waals surface area (Å²) < 4.78 is 0. The fourth-order valence-corrected chi connectivity index (χ4v) is 3.46. The first-order valence-electron chi connectivity index (χ1n) is 7.57. The van der Waals surface area contributed by atoms with Crippen molar-refractivity contribution in [2.75, 3.05) is 11.9 Å². The average Bonchev–Trinajstić information content (AvgIpc) is 2.78. The summed E-state index contributed by atoms with van der Waals surface area (Å²) in [6.45, 7) is 2.04. The number of rotatable bonds is 3. The van der Waals surface area contributed by atoms with Gasteiger partial charge < -0.3 is 15.1 Å². The van der Waals surface area contributed by atoms with E-state index in [1.54, 1.807) is 31.3 Å². The van der Waals surface area contributed by atoms with Gasteiger partial charge in [-0.3, -0.25) is 4.79 Å². The molecule has 1 heterocycles. The van der Waals surface area contributed by atoms with Gasteiger partial charge in [-0.1, -0.05) is 31.0 Å². The van der Waals surface area contributed by atoms with E-state index in [4.69, 9.17) is 11.6 Å². The minimum absolute atomic E-state index is 0.0139. The molecule has 23 heavy (non-hydrogen) atoms. The number of hydrogen-bond acceptors (Lipinski definition) is 3. The van der Waals surface area contributed by atoms with Crippen LogP contribution in [0.2, 0.25) is 5.02 Å². The highest BCUT2D eigenvalue weighted by molar-refractivity contribution is 6.35. The van der Waals surface area contributed by atoms with Crippen molar-refractivity contribution >= 4 is 23.2 Å². The largest absolute Gasteiger partial charge is 0.507 e. The maximum atomic E-state index is 12.0. The van der Waals surface area contributed by atoms with Gasteiger partial charge in [0.2, 0.25) is 5.91 Å². The minimum atomic E-state index is -0.0593. The fourth-order valence-electron chi connectivity index (χ4n) is 3.16. The van der Waals surface area contributed by atoms with Gasteiger partial charge in [0, 0.05) is 7.05 Å². The Morgan fingerprint density at radius 3 is 2.48 bits per heavy atom. The molecule has 1 aliphatic rings.